The van der Waals surface area contributed by atoms with Gasteiger partial charge in [0.2, 0.25) is 0 Å². The number of hydrogen-bond donors (Lipinski definition) is 3. The molecule has 0 aliphatic carbocycles. The number of aromatic amines is 1. The zero-order chi connectivity index (χ0) is 15.9. The van der Waals surface area contributed by atoms with Gasteiger partial charge in [-0.3, -0.25) is 9.59 Å². The average Bonchev–Trinajstić information content (AvgIpc) is 2.90. The van der Waals surface area contributed by atoms with Gasteiger partial charge in [0.15, 0.2) is 5.75 Å². The summed E-state index contributed by atoms with van der Waals surface area (Å²) >= 11 is 13.0. The van der Waals surface area contributed by atoms with Gasteiger partial charge in [-0.2, -0.15) is 0 Å². The van der Waals surface area contributed by atoms with Crippen LogP contribution >= 0.6 is 34.5 Å². The Labute approximate surface area is 138 Å². The van der Waals surface area contributed by atoms with Crippen molar-refractivity contribution in [1.82, 2.24) is 4.98 Å². The Morgan fingerprint density at radius 1 is 1.27 bits per heavy atom. The van der Waals surface area contributed by atoms with Gasteiger partial charge in [-0.1, -0.05) is 23.2 Å². The van der Waals surface area contributed by atoms with Gasteiger partial charge in [-0.25, -0.2) is 0 Å². The van der Waals surface area contributed by atoms with E-state index in [1.807, 2.05) is 0 Å². The van der Waals surface area contributed by atoms with Crippen molar-refractivity contribution < 1.29 is 9.90 Å². The Morgan fingerprint density at radius 2 is 2.05 bits per heavy atom. The molecule has 8 heteroatoms. The van der Waals surface area contributed by atoms with Crippen LogP contribution in [0.15, 0.2) is 34.4 Å². The second kappa shape index (κ2) is 5.64. The molecule has 0 radical (unpaired) electrons. The number of nitrogens with one attached hydrogen (secondary N) is 2. The topological polar surface area (TPSA) is 82.2 Å². The van der Waals surface area contributed by atoms with E-state index in [9.17, 15) is 14.7 Å². The number of pyridine rings is 1. The number of thiophene rings is 1. The maximum absolute atomic E-state index is 12.3. The van der Waals surface area contributed by atoms with E-state index in [2.05, 4.69) is 10.3 Å². The summed E-state index contributed by atoms with van der Waals surface area (Å²) in [7, 11) is 0. The molecule has 0 spiro atoms. The van der Waals surface area contributed by atoms with Crippen molar-refractivity contribution in [2.24, 2.45) is 0 Å². The van der Waals surface area contributed by atoms with Gasteiger partial charge in [0, 0.05) is 5.02 Å². The van der Waals surface area contributed by atoms with Crippen LogP contribution in [0.4, 0.5) is 5.69 Å². The fourth-order valence-electron chi connectivity index (χ4n) is 1.98. The molecule has 3 aromatic rings. The lowest BCUT2D eigenvalue weighted by atomic mass is 10.2. The predicted octanol–water partition coefficient (Wildman–Crippen LogP) is 3.85. The van der Waals surface area contributed by atoms with E-state index < -0.39 is 11.5 Å². The lowest BCUT2D eigenvalue weighted by Gasteiger charge is -2.08. The molecular formula is C14H8Cl2N2O3S. The summed E-state index contributed by atoms with van der Waals surface area (Å²) in [5, 5.41) is 15.0. The van der Waals surface area contributed by atoms with Crippen molar-refractivity contribution in [2.75, 3.05) is 5.32 Å². The smallest absolute Gasteiger partial charge is 0.265 e. The van der Waals surface area contributed by atoms with Gasteiger partial charge in [-0.15, -0.1) is 11.3 Å². The van der Waals surface area contributed by atoms with Crippen LogP contribution in [-0.4, -0.2) is 16.0 Å². The first-order chi connectivity index (χ1) is 10.5. The maximum atomic E-state index is 12.3. The van der Waals surface area contributed by atoms with Gasteiger partial charge in [0.25, 0.3) is 11.5 Å². The van der Waals surface area contributed by atoms with Gasteiger partial charge in [0.05, 0.1) is 20.9 Å². The zero-order valence-corrected chi connectivity index (χ0v) is 13.1. The van der Waals surface area contributed by atoms with Crippen molar-refractivity contribution in [3.63, 3.8) is 0 Å². The van der Waals surface area contributed by atoms with E-state index in [4.69, 9.17) is 23.2 Å². The number of hydrogen-bond acceptors (Lipinski definition) is 4. The van der Waals surface area contributed by atoms with Crippen LogP contribution in [0.5, 0.6) is 5.75 Å². The molecule has 2 aromatic heterocycles. The number of carbonyl (C=O) groups excluding carboxylic acids is 1. The minimum absolute atomic E-state index is 0.231. The van der Waals surface area contributed by atoms with Crippen LogP contribution in [0.3, 0.4) is 0 Å². The Balaban J connectivity index is 2.03. The molecular weight excluding hydrogens is 347 g/mol. The molecule has 3 N–H and O–H groups in total. The van der Waals surface area contributed by atoms with E-state index in [0.29, 0.717) is 20.9 Å². The van der Waals surface area contributed by atoms with Crippen LogP contribution in [-0.2, 0) is 0 Å². The third-order valence-electron chi connectivity index (χ3n) is 3.00. The Bertz CT molecular complexity index is 949. The van der Waals surface area contributed by atoms with Crippen molar-refractivity contribution in [3.8, 4) is 5.75 Å². The summed E-state index contributed by atoms with van der Waals surface area (Å²) in [5.74, 6) is -1.10. The summed E-state index contributed by atoms with van der Waals surface area (Å²) in [6.07, 6.45) is 0. The number of benzene rings is 1. The molecule has 0 bridgehead atoms. The van der Waals surface area contributed by atoms with E-state index in [0.717, 1.165) is 0 Å². The molecule has 3 rings (SSSR count). The lowest BCUT2D eigenvalue weighted by molar-refractivity contribution is 0.102. The quantitative estimate of drug-likeness (QED) is 0.653. The van der Waals surface area contributed by atoms with Crippen molar-refractivity contribution in [2.45, 2.75) is 0 Å². The molecule has 0 aliphatic rings. The first-order valence-corrected chi connectivity index (χ1v) is 7.70. The summed E-state index contributed by atoms with van der Waals surface area (Å²) < 4.78 is 0.437. The highest BCUT2D eigenvalue weighted by atomic mass is 35.5. The minimum atomic E-state index is -0.752. The summed E-state index contributed by atoms with van der Waals surface area (Å²) in [6, 6.07) is 6.18. The highest BCUT2D eigenvalue weighted by Crippen LogP contribution is 2.31. The van der Waals surface area contributed by atoms with E-state index in [1.165, 1.54) is 23.5 Å². The summed E-state index contributed by atoms with van der Waals surface area (Å²) in [4.78, 5) is 26.8. The number of fused-ring (bicyclic) bond motifs is 1. The third kappa shape index (κ3) is 2.56. The van der Waals surface area contributed by atoms with E-state index in [-0.39, 0.29) is 16.3 Å². The molecule has 0 saturated carbocycles. The molecule has 112 valence electrons. The fraction of sp³-hybridized carbons (Fsp3) is 0. The number of aromatic hydroxyl groups is 1. The van der Waals surface area contributed by atoms with Crippen molar-refractivity contribution in [3.05, 3.63) is 55.6 Å². The van der Waals surface area contributed by atoms with Gasteiger partial charge in [0.1, 0.15) is 5.56 Å². The zero-order valence-electron chi connectivity index (χ0n) is 10.8. The monoisotopic (exact) mass is 354 g/mol. The predicted molar refractivity (Wildman–Crippen MR) is 88.5 cm³/mol. The van der Waals surface area contributed by atoms with Gasteiger partial charge >= 0.3 is 0 Å². The molecule has 0 aliphatic heterocycles. The number of aromatic nitrogens is 1. The lowest BCUT2D eigenvalue weighted by Crippen LogP contribution is -2.23. The fourth-order valence-corrected chi connectivity index (χ4v) is 3.24. The number of halogens is 2. The Hall–Kier alpha value is -2.02. The van der Waals surface area contributed by atoms with Crippen LogP contribution in [0.25, 0.3) is 10.2 Å². The number of rotatable bonds is 2. The number of anilines is 1. The molecule has 22 heavy (non-hydrogen) atoms. The first kappa shape index (κ1) is 14.9. The van der Waals surface area contributed by atoms with Crippen molar-refractivity contribution in [1.29, 1.82) is 0 Å². The molecule has 1 amide bonds. The van der Waals surface area contributed by atoms with Crippen molar-refractivity contribution >= 4 is 56.3 Å². The summed E-state index contributed by atoms with van der Waals surface area (Å²) in [5.41, 5.74) is -0.262. The normalized spacial score (nSPS) is 10.8. The standard InChI is InChI=1S/C14H8Cl2N2O3S/c15-6-1-2-8(7(16)5-6)17-13(20)10-11(19)12-9(3-4-22-12)18-14(10)21/h1-5H,(H,17,20)(H2,18,19,21). The highest BCUT2D eigenvalue weighted by molar-refractivity contribution is 7.17. The highest BCUT2D eigenvalue weighted by Gasteiger charge is 2.20. The molecule has 5 nitrogen and oxygen atoms in total. The molecule has 1 aromatic carbocycles. The van der Waals surface area contributed by atoms with Crippen LogP contribution in [0, 0.1) is 0 Å². The van der Waals surface area contributed by atoms with E-state index >= 15 is 0 Å². The molecule has 0 unspecified atom stereocenters. The van der Waals surface area contributed by atoms with Crippen LogP contribution in [0.1, 0.15) is 10.4 Å². The first-order valence-electron chi connectivity index (χ1n) is 6.06. The second-order valence-electron chi connectivity index (χ2n) is 4.42. The number of H-pyrrole nitrogens is 1. The summed E-state index contributed by atoms with van der Waals surface area (Å²) in [6.45, 7) is 0. The van der Waals surface area contributed by atoms with Crippen LogP contribution < -0.4 is 10.9 Å². The van der Waals surface area contributed by atoms with E-state index in [1.54, 1.807) is 17.5 Å². The third-order valence-corrected chi connectivity index (χ3v) is 4.47. The average molecular weight is 355 g/mol. The minimum Gasteiger partial charge on any atom is -0.505 e. The van der Waals surface area contributed by atoms with Gasteiger partial charge < -0.3 is 15.4 Å². The molecule has 0 atom stereocenters. The molecule has 0 fully saturated rings. The van der Waals surface area contributed by atoms with Gasteiger partial charge in [-0.05, 0) is 29.6 Å². The Morgan fingerprint density at radius 3 is 2.77 bits per heavy atom. The second-order valence-corrected chi connectivity index (χ2v) is 6.18. The molecule has 2 heterocycles. The molecule has 0 saturated heterocycles. The largest absolute Gasteiger partial charge is 0.505 e. The number of carbonyl (C=O) groups is 1. The Kier molecular flexibility index (Phi) is 3.82. The SMILES string of the molecule is O=C(Nc1ccc(Cl)cc1Cl)c1c(O)c2sccc2[nH]c1=O. The maximum Gasteiger partial charge on any atom is 0.265 e. The van der Waals surface area contributed by atoms with Crippen LogP contribution in [0.2, 0.25) is 10.0 Å². The number of amides is 1.